The van der Waals surface area contributed by atoms with E-state index in [2.05, 4.69) is 17.6 Å². The Balaban J connectivity index is 2.50. The molecule has 0 bridgehead atoms. The average Bonchev–Trinajstić information content (AvgIpc) is 2.50. The maximum absolute atomic E-state index is 5.80. The molecule has 0 atom stereocenters. The Morgan fingerprint density at radius 2 is 2.25 bits per heavy atom. The largest absolute Gasteiger partial charge is 0.456 e. The number of hydrogen-bond donors (Lipinski definition) is 0. The van der Waals surface area contributed by atoms with E-state index in [1.54, 1.807) is 6.20 Å². The number of rotatable bonds is 1. The van der Waals surface area contributed by atoms with Crippen LogP contribution in [-0.2, 0) is 0 Å². The molecular weight excluding hydrogens is 198 g/mol. The van der Waals surface area contributed by atoms with Crippen LogP contribution in [0.4, 0.5) is 0 Å². The molecule has 1 aliphatic rings. The van der Waals surface area contributed by atoms with Crippen LogP contribution >= 0.6 is 0 Å². The summed E-state index contributed by atoms with van der Waals surface area (Å²) < 4.78 is 5.80. The maximum atomic E-state index is 5.80. The second-order valence-electron chi connectivity index (χ2n) is 3.94. The van der Waals surface area contributed by atoms with Gasteiger partial charge in [-0.1, -0.05) is 18.7 Å². The molecule has 2 heterocycles. The molecule has 0 saturated carbocycles. The maximum Gasteiger partial charge on any atom is 0.139 e. The fourth-order valence-corrected chi connectivity index (χ4v) is 2.02. The van der Waals surface area contributed by atoms with Crippen LogP contribution in [0.15, 0.2) is 40.4 Å². The zero-order chi connectivity index (χ0) is 11.1. The van der Waals surface area contributed by atoms with Crippen molar-refractivity contribution in [2.45, 2.75) is 6.92 Å². The first-order chi connectivity index (χ1) is 7.77. The van der Waals surface area contributed by atoms with E-state index < -0.39 is 0 Å². The Hall–Kier alpha value is -2.09. The summed E-state index contributed by atoms with van der Waals surface area (Å²) in [7, 11) is 0. The van der Waals surface area contributed by atoms with E-state index in [1.165, 1.54) is 0 Å². The molecule has 2 aromatic rings. The SMILES string of the molecule is C=C(C)c1oc2cccc3c2c1C=NC=C3. The molecule has 0 spiro atoms. The first-order valence-electron chi connectivity index (χ1n) is 5.18. The molecular formula is C14H11NO. The molecule has 3 rings (SSSR count). The Morgan fingerprint density at radius 1 is 1.38 bits per heavy atom. The Labute approximate surface area is 93.6 Å². The van der Waals surface area contributed by atoms with Gasteiger partial charge in [-0.2, -0.15) is 0 Å². The number of nitrogens with zero attached hydrogens (tertiary/aromatic N) is 1. The molecule has 0 aliphatic carbocycles. The first-order valence-corrected chi connectivity index (χ1v) is 5.18. The van der Waals surface area contributed by atoms with E-state index in [1.807, 2.05) is 31.3 Å². The van der Waals surface area contributed by atoms with Crippen molar-refractivity contribution < 1.29 is 4.42 Å². The summed E-state index contributed by atoms with van der Waals surface area (Å²) in [5, 5.41) is 1.12. The molecule has 78 valence electrons. The third-order valence-electron chi connectivity index (χ3n) is 2.72. The smallest absolute Gasteiger partial charge is 0.139 e. The van der Waals surface area contributed by atoms with Crippen LogP contribution in [0.3, 0.4) is 0 Å². The standard InChI is InChI=1S/C14H11NO/c1-9(2)14-11-8-15-7-6-10-4-3-5-12(16-14)13(10)11/h3-8H,1H2,2H3. The summed E-state index contributed by atoms with van der Waals surface area (Å²) in [5.74, 6) is 0.829. The van der Waals surface area contributed by atoms with Crippen LogP contribution in [0, 0.1) is 0 Å². The van der Waals surface area contributed by atoms with Crippen molar-refractivity contribution in [3.63, 3.8) is 0 Å². The highest BCUT2D eigenvalue weighted by Crippen LogP contribution is 2.32. The van der Waals surface area contributed by atoms with E-state index in [4.69, 9.17) is 4.42 Å². The highest BCUT2D eigenvalue weighted by Gasteiger charge is 2.16. The van der Waals surface area contributed by atoms with Gasteiger partial charge in [0.1, 0.15) is 11.3 Å². The number of benzene rings is 1. The van der Waals surface area contributed by atoms with E-state index in [0.717, 1.165) is 33.4 Å². The van der Waals surface area contributed by atoms with Gasteiger partial charge in [-0.25, -0.2) is 0 Å². The van der Waals surface area contributed by atoms with Crippen molar-refractivity contribution in [2.75, 3.05) is 0 Å². The third-order valence-corrected chi connectivity index (χ3v) is 2.72. The summed E-state index contributed by atoms with van der Waals surface area (Å²) in [6.07, 6.45) is 5.63. The van der Waals surface area contributed by atoms with Gasteiger partial charge >= 0.3 is 0 Å². The zero-order valence-electron chi connectivity index (χ0n) is 9.03. The van der Waals surface area contributed by atoms with Gasteiger partial charge in [0.25, 0.3) is 0 Å². The lowest BCUT2D eigenvalue weighted by molar-refractivity contribution is 0.599. The van der Waals surface area contributed by atoms with E-state index in [9.17, 15) is 0 Å². The fraction of sp³-hybridized carbons (Fsp3) is 0.0714. The molecule has 2 nitrogen and oxygen atoms in total. The predicted octanol–water partition coefficient (Wildman–Crippen LogP) is 3.87. The summed E-state index contributed by atoms with van der Waals surface area (Å²) in [6, 6.07) is 6.03. The van der Waals surface area contributed by atoms with E-state index in [-0.39, 0.29) is 0 Å². The second kappa shape index (κ2) is 3.20. The quantitative estimate of drug-likeness (QED) is 0.700. The Bertz CT molecular complexity index is 644. The van der Waals surface area contributed by atoms with Crippen molar-refractivity contribution >= 4 is 28.8 Å². The molecule has 1 aliphatic heterocycles. The molecule has 0 unspecified atom stereocenters. The van der Waals surface area contributed by atoms with Gasteiger partial charge in [-0.3, -0.25) is 4.99 Å². The topological polar surface area (TPSA) is 25.5 Å². The van der Waals surface area contributed by atoms with Crippen LogP contribution in [0.5, 0.6) is 0 Å². The van der Waals surface area contributed by atoms with Gasteiger partial charge < -0.3 is 4.42 Å². The van der Waals surface area contributed by atoms with Crippen LogP contribution in [-0.4, -0.2) is 6.21 Å². The first kappa shape index (κ1) is 9.16. The van der Waals surface area contributed by atoms with E-state index >= 15 is 0 Å². The summed E-state index contributed by atoms with van der Waals surface area (Å²) in [4.78, 5) is 4.22. The Kier molecular flexibility index (Phi) is 1.83. The van der Waals surface area contributed by atoms with Gasteiger partial charge in [0, 0.05) is 23.4 Å². The molecule has 0 fully saturated rings. The fourth-order valence-electron chi connectivity index (χ4n) is 2.02. The number of allylic oxidation sites excluding steroid dienone is 1. The third kappa shape index (κ3) is 1.16. The van der Waals surface area contributed by atoms with Gasteiger partial charge in [0.2, 0.25) is 0 Å². The normalized spacial score (nSPS) is 13.1. The Morgan fingerprint density at radius 3 is 3.06 bits per heavy atom. The van der Waals surface area contributed by atoms with Crippen LogP contribution in [0.25, 0.3) is 22.6 Å². The predicted molar refractivity (Wildman–Crippen MR) is 67.6 cm³/mol. The van der Waals surface area contributed by atoms with Crippen LogP contribution in [0.1, 0.15) is 23.8 Å². The molecule has 0 N–H and O–H groups in total. The highest BCUT2D eigenvalue weighted by atomic mass is 16.3. The van der Waals surface area contributed by atoms with Crippen molar-refractivity contribution in [1.29, 1.82) is 0 Å². The lowest BCUT2D eigenvalue weighted by Crippen LogP contribution is -1.84. The molecule has 1 aromatic heterocycles. The molecule has 2 heteroatoms. The average molecular weight is 209 g/mol. The summed E-state index contributed by atoms with van der Waals surface area (Å²) in [6.45, 7) is 5.88. The van der Waals surface area contributed by atoms with Crippen molar-refractivity contribution in [2.24, 2.45) is 4.99 Å². The number of aliphatic imine (C=N–C) groups is 1. The molecule has 0 radical (unpaired) electrons. The monoisotopic (exact) mass is 209 g/mol. The summed E-state index contributed by atoms with van der Waals surface area (Å²) >= 11 is 0. The summed E-state index contributed by atoms with van der Waals surface area (Å²) in [5.41, 5.74) is 3.98. The van der Waals surface area contributed by atoms with Crippen LogP contribution < -0.4 is 0 Å². The van der Waals surface area contributed by atoms with Crippen LogP contribution in [0.2, 0.25) is 0 Å². The van der Waals surface area contributed by atoms with Gasteiger partial charge in [-0.15, -0.1) is 0 Å². The lowest BCUT2D eigenvalue weighted by atomic mass is 10.0. The van der Waals surface area contributed by atoms with Gasteiger partial charge in [0.15, 0.2) is 0 Å². The van der Waals surface area contributed by atoms with E-state index in [0.29, 0.717) is 0 Å². The molecule has 1 aromatic carbocycles. The number of hydrogen-bond acceptors (Lipinski definition) is 2. The minimum absolute atomic E-state index is 0.829. The van der Waals surface area contributed by atoms with Crippen molar-refractivity contribution in [3.8, 4) is 0 Å². The number of furan rings is 1. The minimum Gasteiger partial charge on any atom is -0.456 e. The molecule has 0 saturated heterocycles. The van der Waals surface area contributed by atoms with Gasteiger partial charge in [-0.05, 0) is 30.2 Å². The highest BCUT2D eigenvalue weighted by molar-refractivity contribution is 6.07. The van der Waals surface area contributed by atoms with Gasteiger partial charge in [0.05, 0.1) is 0 Å². The molecule has 0 amide bonds. The minimum atomic E-state index is 0.829. The van der Waals surface area contributed by atoms with Crippen molar-refractivity contribution in [3.05, 3.63) is 47.9 Å². The molecule has 16 heavy (non-hydrogen) atoms. The zero-order valence-corrected chi connectivity index (χ0v) is 9.03. The lowest BCUT2D eigenvalue weighted by Gasteiger charge is -1.95. The van der Waals surface area contributed by atoms with Crippen molar-refractivity contribution in [1.82, 2.24) is 0 Å². The second-order valence-corrected chi connectivity index (χ2v) is 3.94.